The molecule has 0 aliphatic carbocycles. The van der Waals surface area contributed by atoms with E-state index in [0.29, 0.717) is 23.1 Å². The van der Waals surface area contributed by atoms with Crippen molar-refractivity contribution in [1.29, 1.82) is 0 Å². The summed E-state index contributed by atoms with van der Waals surface area (Å²) < 4.78 is 29.8. The Hall–Kier alpha value is -3.06. The highest BCUT2D eigenvalue weighted by Crippen LogP contribution is 2.37. The van der Waals surface area contributed by atoms with Crippen LogP contribution >= 0.6 is 11.8 Å². The van der Waals surface area contributed by atoms with E-state index < -0.39 is 11.6 Å². The van der Waals surface area contributed by atoms with E-state index in [4.69, 9.17) is 0 Å². The van der Waals surface area contributed by atoms with Crippen molar-refractivity contribution < 1.29 is 8.78 Å². The molecule has 0 saturated heterocycles. The molecule has 0 aliphatic rings. The van der Waals surface area contributed by atoms with Gasteiger partial charge in [-0.05, 0) is 42.8 Å². The van der Waals surface area contributed by atoms with Gasteiger partial charge in [0.25, 0.3) is 0 Å². The van der Waals surface area contributed by atoms with Crippen LogP contribution in [0.25, 0.3) is 11.4 Å². The SMILES string of the molecule is CC(Sc1nnc(-c2cccnc2)n1Cc1ccccc1)c1cc(F)ccc1F. The van der Waals surface area contributed by atoms with Gasteiger partial charge >= 0.3 is 0 Å². The lowest BCUT2D eigenvalue weighted by atomic mass is 10.1. The van der Waals surface area contributed by atoms with E-state index in [1.807, 2.05) is 54.0 Å². The Morgan fingerprint density at radius 2 is 1.83 bits per heavy atom. The van der Waals surface area contributed by atoms with Gasteiger partial charge < -0.3 is 0 Å². The fraction of sp³-hybridized carbons (Fsp3) is 0.136. The molecule has 146 valence electrons. The summed E-state index contributed by atoms with van der Waals surface area (Å²) in [5, 5.41) is 8.98. The van der Waals surface area contributed by atoms with Gasteiger partial charge in [0.1, 0.15) is 11.6 Å². The lowest BCUT2D eigenvalue weighted by Crippen LogP contribution is -2.05. The minimum absolute atomic E-state index is 0.298. The number of aromatic nitrogens is 4. The average molecular weight is 408 g/mol. The first-order valence-electron chi connectivity index (χ1n) is 9.11. The van der Waals surface area contributed by atoms with Crippen LogP contribution in [0, 0.1) is 11.6 Å². The first-order valence-corrected chi connectivity index (χ1v) is 9.99. The van der Waals surface area contributed by atoms with Crippen molar-refractivity contribution in [2.45, 2.75) is 23.9 Å². The molecule has 0 amide bonds. The van der Waals surface area contributed by atoms with Crippen molar-refractivity contribution in [2.75, 3.05) is 0 Å². The molecule has 0 fully saturated rings. The van der Waals surface area contributed by atoms with E-state index in [1.165, 1.54) is 17.8 Å². The second-order valence-electron chi connectivity index (χ2n) is 6.55. The summed E-state index contributed by atoms with van der Waals surface area (Å²) in [6.07, 6.45) is 3.43. The zero-order chi connectivity index (χ0) is 20.2. The zero-order valence-electron chi connectivity index (χ0n) is 15.7. The van der Waals surface area contributed by atoms with Crippen molar-refractivity contribution in [2.24, 2.45) is 0 Å². The Balaban J connectivity index is 1.71. The van der Waals surface area contributed by atoms with Crippen molar-refractivity contribution in [1.82, 2.24) is 19.7 Å². The number of pyridine rings is 1. The van der Waals surface area contributed by atoms with E-state index in [1.54, 1.807) is 12.4 Å². The molecule has 1 unspecified atom stereocenters. The molecule has 1 atom stereocenters. The third kappa shape index (κ3) is 4.35. The van der Waals surface area contributed by atoms with Gasteiger partial charge in [0.2, 0.25) is 0 Å². The molecule has 2 aromatic carbocycles. The summed E-state index contributed by atoms with van der Waals surface area (Å²) in [4.78, 5) is 4.17. The molecule has 0 saturated carbocycles. The standard InChI is InChI=1S/C22H18F2N4S/c1-15(19-12-18(23)9-10-20(19)24)29-22-27-26-21(17-8-5-11-25-13-17)28(22)14-16-6-3-2-4-7-16/h2-13,15H,14H2,1H3. The molecule has 0 N–H and O–H groups in total. The van der Waals surface area contributed by atoms with Gasteiger partial charge in [0, 0.05) is 28.8 Å². The quantitative estimate of drug-likeness (QED) is 0.394. The molecule has 29 heavy (non-hydrogen) atoms. The normalized spacial score (nSPS) is 12.1. The van der Waals surface area contributed by atoms with Crippen LogP contribution < -0.4 is 0 Å². The summed E-state index contributed by atoms with van der Waals surface area (Å²) in [6, 6.07) is 17.2. The molecule has 7 heteroatoms. The first-order chi connectivity index (χ1) is 14.1. The molecule has 0 bridgehead atoms. The summed E-state index contributed by atoms with van der Waals surface area (Å²) in [5.41, 5.74) is 2.23. The third-order valence-corrected chi connectivity index (χ3v) is 5.62. The lowest BCUT2D eigenvalue weighted by Gasteiger charge is -2.14. The number of nitrogens with zero attached hydrogens (tertiary/aromatic N) is 4. The third-order valence-electron chi connectivity index (χ3n) is 4.50. The summed E-state index contributed by atoms with van der Waals surface area (Å²) in [7, 11) is 0. The second-order valence-corrected chi connectivity index (χ2v) is 7.85. The molecule has 2 heterocycles. The number of benzene rings is 2. The molecular formula is C22H18F2N4S. The van der Waals surface area contributed by atoms with Crippen LogP contribution in [0.15, 0.2) is 78.2 Å². The maximum atomic E-state index is 14.2. The maximum absolute atomic E-state index is 14.2. The fourth-order valence-corrected chi connectivity index (χ4v) is 4.03. The highest BCUT2D eigenvalue weighted by atomic mass is 32.2. The average Bonchev–Trinajstić information content (AvgIpc) is 3.13. The number of rotatable bonds is 6. The van der Waals surface area contributed by atoms with Crippen LogP contribution in [0.2, 0.25) is 0 Å². The highest BCUT2D eigenvalue weighted by Gasteiger charge is 2.20. The predicted octanol–water partition coefficient (Wildman–Crippen LogP) is 5.52. The van der Waals surface area contributed by atoms with Gasteiger partial charge in [-0.15, -0.1) is 10.2 Å². The number of hydrogen-bond donors (Lipinski definition) is 0. The first kappa shape index (κ1) is 19.3. The van der Waals surface area contributed by atoms with E-state index in [0.717, 1.165) is 23.3 Å². The maximum Gasteiger partial charge on any atom is 0.192 e. The zero-order valence-corrected chi connectivity index (χ0v) is 16.5. The Bertz CT molecular complexity index is 1100. The van der Waals surface area contributed by atoms with Crippen molar-refractivity contribution in [3.05, 3.63) is 95.8 Å². The summed E-state index contributed by atoms with van der Waals surface area (Å²) >= 11 is 1.34. The van der Waals surface area contributed by atoms with E-state index in [2.05, 4.69) is 15.2 Å². The Labute approximate surface area is 171 Å². The van der Waals surface area contributed by atoms with Crippen molar-refractivity contribution in [3.63, 3.8) is 0 Å². The van der Waals surface area contributed by atoms with Crippen LogP contribution in [0.5, 0.6) is 0 Å². The van der Waals surface area contributed by atoms with Crippen LogP contribution in [0.1, 0.15) is 23.3 Å². The Morgan fingerprint density at radius 1 is 1.00 bits per heavy atom. The molecule has 4 nitrogen and oxygen atoms in total. The Morgan fingerprint density at radius 3 is 2.59 bits per heavy atom. The molecule has 0 radical (unpaired) electrons. The summed E-state index contributed by atoms with van der Waals surface area (Å²) in [6.45, 7) is 2.38. The van der Waals surface area contributed by atoms with Crippen molar-refractivity contribution in [3.8, 4) is 11.4 Å². The second kappa shape index (κ2) is 8.53. The highest BCUT2D eigenvalue weighted by molar-refractivity contribution is 7.99. The molecular weight excluding hydrogens is 390 g/mol. The van der Waals surface area contributed by atoms with Gasteiger partial charge in [-0.3, -0.25) is 9.55 Å². The molecule has 0 aliphatic heterocycles. The Kier molecular flexibility index (Phi) is 5.67. The monoisotopic (exact) mass is 408 g/mol. The van der Waals surface area contributed by atoms with E-state index in [9.17, 15) is 8.78 Å². The van der Waals surface area contributed by atoms with Gasteiger partial charge in [0.05, 0.1) is 6.54 Å². The van der Waals surface area contributed by atoms with Crippen LogP contribution in [-0.2, 0) is 6.54 Å². The van der Waals surface area contributed by atoms with Crippen molar-refractivity contribution >= 4 is 11.8 Å². The van der Waals surface area contributed by atoms with Crippen LogP contribution in [0.4, 0.5) is 8.78 Å². The predicted molar refractivity (Wildman–Crippen MR) is 109 cm³/mol. The number of thioether (sulfide) groups is 1. The lowest BCUT2D eigenvalue weighted by molar-refractivity contribution is 0.585. The topological polar surface area (TPSA) is 43.6 Å². The molecule has 0 spiro atoms. The minimum atomic E-state index is -0.462. The van der Waals surface area contributed by atoms with Gasteiger partial charge in [0.15, 0.2) is 11.0 Å². The van der Waals surface area contributed by atoms with Gasteiger partial charge in [-0.2, -0.15) is 0 Å². The van der Waals surface area contributed by atoms with Gasteiger partial charge in [-0.1, -0.05) is 42.1 Å². The smallest absolute Gasteiger partial charge is 0.192 e. The van der Waals surface area contributed by atoms with Gasteiger partial charge in [-0.25, -0.2) is 8.78 Å². The minimum Gasteiger partial charge on any atom is -0.297 e. The molecule has 2 aromatic heterocycles. The van der Waals surface area contributed by atoms with Crippen LogP contribution in [-0.4, -0.2) is 19.7 Å². The molecule has 4 rings (SSSR count). The van der Waals surface area contributed by atoms with E-state index >= 15 is 0 Å². The number of hydrogen-bond acceptors (Lipinski definition) is 4. The fourth-order valence-electron chi connectivity index (χ4n) is 3.04. The van der Waals surface area contributed by atoms with E-state index in [-0.39, 0.29) is 5.25 Å². The largest absolute Gasteiger partial charge is 0.297 e. The van der Waals surface area contributed by atoms with Crippen LogP contribution in [0.3, 0.4) is 0 Å². The summed E-state index contributed by atoms with van der Waals surface area (Å²) in [5.74, 6) is -0.222. The molecule has 4 aromatic rings. The number of halogens is 2.